The molecule has 0 aliphatic carbocycles. The number of hydrogen-bond donors (Lipinski definition) is 0. The minimum Gasteiger partial charge on any atom is -0.494 e. The van der Waals surface area contributed by atoms with E-state index in [2.05, 4.69) is 21.6 Å². The molecular weight excluding hydrogens is 561 g/mol. The van der Waals surface area contributed by atoms with Gasteiger partial charge in [0.1, 0.15) is 5.75 Å². The third-order valence-corrected chi connectivity index (χ3v) is 6.71. The molecule has 43 heavy (non-hydrogen) atoms. The van der Waals surface area contributed by atoms with Crippen LogP contribution in [-0.4, -0.2) is 47.4 Å². The van der Waals surface area contributed by atoms with Gasteiger partial charge in [-0.25, -0.2) is 14.8 Å². The SMILES string of the molecule is CCCCCCCCOc1ccc(-c2cnc(-c3ccc(C(=O)OC(CC(=O)OCCCC)C(F)(F)F)cc3)nc2)cc1. The van der Waals surface area contributed by atoms with Gasteiger partial charge in [0.05, 0.1) is 25.2 Å². The molecule has 0 spiro atoms. The number of hydrogen-bond acceptors (Lipinski definition) is 7. The van der Waals surface area contributed by atoms with Gasteiger partial charge in [0, 0.05) is 23.5 Å². The van der Waals surface area contributed by atoms with E-state index >= 15 is 0 Å². The number of esters is 2. The first-order chi connectivity index (χ1) is 20.7. The highest BCUT2D eigenvalue weighted by Crippen LogP contribution is 2.28. The molecule has 1 aromatic heterocycles. The average Bonchev–Trinajstić information content (AvgIpc) is 3.00. The van der Waals surface area contributed by atoms with Crippen LogP contribution in [0.3, 0.4) is 0 Å². The molecule has 0 N–H and O–H groups in total. The molecule has 1 atom stereocenters. The average molecular weight is 601 g/mol. The topological polar surface area (TPSA) is 87.6 Å². The Bertz CT molecular complexity index is 1260. The van der Waals surface area contributed by atoms with Gasteiger partial charge in [0.25, 0.3) is 0 Å². The minimum atomic E-state index is -4.92. The van der Waals surface area contributed by atoms with Crippen LogP contribution in [0.25, 0.3) is 22.5 Å². The molecule has 1 heterocycles. The van der Waals surface area contributed by atoms with Crippen molar-refractivity contribution in [3.05, 3.63) is 66.5 Å². The van der Waals surface area contributed by atoms with E-state index in [-0.39, 0.29) is 12.2 Å². The van der Waals surface area contributed by atoms with Crippen molar-refractivity contribution < 1.29 is 37.0 Å². The second-order valence-corrected chi connectivity index (χ2v) is 10.2. The van der Waals surface area contributed by atoms with Gasteiger partial charge in [0.15, 0.2) is 5.82 Å². The molecule has 2 aromatic carbocycles. The number of alkyl halides is 3. The Morgan fingerprint density at radius 3 is 1.98 bits per heavy atom. The van der Waals surface area contributed by atoms with Crippen molar-refractivity contribution in [2.24, 2.45) is 0 Å². The van der Waals surface area contributed by atoms with Crippen molar-refractivity contribution in [2.45, 2.75) is 83.9 Å². The molecule has 0 aliphatic rings. The number of halogens is 3. The van der Waals surface area contributed by atoms with E-state index in [9.17, 15) is 22.8 Å². The quantitative estimate of drug-likeness (QED) is 0.114. The molecule has 0 radical (unpaired) electrons. The number of aromatic nitrogens is 2. The highest BCUT2D eigenvalue weighted by molar-refractivity contribution is 5.90. The Kier molecular flexibility index (Phi) is 13.4. The third-order valence-electron chi connectivity index (χ3n) is 6.71. The maximum atomic E-state index is 13.4. The van der Waals surface area contributed by atoms with Crippen molar-refractivity contribution >= 4 is 11.9 Å². The molecule has 0 bridgehead atoms. The summed E-state index contributed by atoms with van der Waals surface area (Å²) in [6, 6.07) is 13.4. The number of carbonyl (C=O) groups excluding carboxylic acids is 2. The molecule has 0 amide bonds. The van der Waals surface area contributed by atoms with E-state index in [1.807, 2.05) is 31.2 Å². The Labute approximate surface area is 250 Å². The van der Waals surface area contributed by atoms with Gasteiger partial charge >= 0.3 is 18.1 Å². The van der Waals surface area contributed by atoms with Crippen LogP contribution < -0.4 is 4.74 Å². The van der Waals surface area contributed by atoms with E-state index in [1.54, 1.807) is 12.4 Å². The second kappa shape index (κ2) is 17.2. The number of rotatable bonds is 17. The molecule has 7 nitrogen and oxygen atoms in total. The van der Waals surface area contributed by atoms with Crippen LogP contribution in [-0.2, 0) is 14.3 Å². The molecule has 1 unspecified atom stereocenters. The van der Waals surface area contributed by atoms with Crippen molar-refractivity contribution in [1.29, 1.82) is 0 Å². The van der Waals surface area contributed by atoms with Gasteiger partial charge in [-0.1, -0.05) is 76.6 Å². The normalized spacial score (nSPS) is 12.0. The second-order valence-electron chi connectivity index (χ2n) is 10.2. The molecule has 3 rings (SSSR count). The molecule has 0 fully saturated rings. The summed E-state index contributed by atoms with van der Waals surface area (Å²) in [5, 5.41) is 0. The van der Waals surface area contributed by atoms with Crippen LogP contribution in [0.5, 0.6) is 5.75 Å². The molecule has 10 heteroatoms. The van der Waals surface area contributed by atoms with Crippen LogP contribution in [0.2, 0.25) is 0 Å². The summed E-state index contributed by atoms with van der Waals surface area (Å²) in [6.07, 6.45) is 3.20. The highest BCUT2D eigenvalue weighted by Gasteiger charge is 2.44. The van der Waals surface area contributed by atoms with E-state index in [0.717, 1.165) is 29.7 Å². The number of ether oxygens (including phenoxy) is 3. The Morgan fingerprint density at radius 2 is 1.35 bits per heavy atom. The smallest absolute Gasteiger partial charge is 0.426 e. The Balaban J connectivity index is 1.54. The first-order valence-electron chi connectivity index (χ1n) is 14.8. The van der Waals surface area contributed by atoms with Crippen molar-refractivity contribution in [2.75, 3.05) is 13.2 Å². The zero-order valence-electron chi connectivity index (χ0n) is 24.7. The molecule has 3 aromatic rings. The van der Waals surface area contributed by atoms with Gasteiger partial charge in [-0.3, -0.25) is 4.79 Å². The van der Waals surface area contributed by atoms with Crippen LogP contribution in [0.15, 0.2) is 60.9 Å². The van der Waals surface area contributed by atoms with Crippen LogP contribution in [0.4, 0.5) is 13.2 Å². The number of unbranched alkanes of at least 4 members (excludes halogenated alkanes) is 6. The van der Waals surface area contributed by atoms with Gasteiger partial charge in [-0.15, -0.1) is 0 Å². The summed E-state index contributed by atoms with van der Waals surface area (Å²) in [4.78, 5) is 33.0. The molecule has 0 saturated heterocycles. The van der Waals surface area contributed by atoms with Crippen molar-refractivity contribution in [3.8, 4) is 28.3 Å². The summed E-state index contributed by atoms with van der Waals surface area (Å²) in [5.74, 6) is -1.09. The van der Waals surface area contributed by atoms with E-state index < -0.39 is 30.6 Å². The predicted octanol–water partition coefficient (Wildman–Crippen LogP) is 8.37. The molecule has 0 aliphatic heterocycles. The highest BCUT2D eigenvalue weighted by atomic mass is 19.4. The summed E-state index contributed by atoms with van der Waals surface area (Å²) in [6.45, 7) is 4.76. The maximum absolute atomic E-state index is 13.4. The van der Waals surface area contributed by atoms with E-state index in [1.165, 1.54) is 56.4 Å². The third kappa shape index (κ3) is 11.3. The monoisotopic (exact) mass is 600 g/mol. The standard InChI is InChI=1S/C33H39F3N2O5/c1-3-5-7-8-9-10-20-41-28-17-15-24(16-18-28)27-22-37-31(38-23-27)25-11-13-26(14-12-25)32(40)43-29(33(34,35)36)21-30(39)42-19-6-4-2/h11-18,22-23,29H,3-10,19-21H2,1-2H3. The largest absolute Gasteiger partial charge is 0.494 e. The van der Waals surface area contributed by atoms with Crippen molar-refractivity contribution in [3.63, 3.8) is 0 Å². The van der Waals surface area contributed by atoms with Crippen LogP contribution >= 0.6 is 0 Å². The zero-order chi connectivity index (χ0) is 31.1. The lowest BCUT2D eigenvalue weighted by Gasteiger charge is -2.20. The van der Waals surface area contributed by atoms with Crippen LogP contribution in [0.1, 0.15) is 82.0 Å². The molecular formula is C33H39F3N2O5. The summed E-state index contributed by atoms with van der Waals surface area (Å²) in [5.41, 5.74) is 2.18. The maximum Gasteiger partial charge on any atom is 0.426 e. The number of carbonyl (C=O) groups is 2. The summed E-state index contributed by atoms with van der Waals surface area (Å²) in [7, 11) is 0. The Hall–Kier alpha value is -3.95. The van der Waals surface area contributed by atoms with E-state index in [4.69, 9.17) is 9.47 Å². The first kappa shape index (κ1) is 33.6. The lowest BCUT2D eigenvalue weighted by atomic mass is 10.1. The first-order valence-corrected chi connectivity index (χ1v) is 14.8. The van der Waals surface area contributed by atoms with E-state index in [0.29, 0.717) is 24.4 Å². The number of benzene rings is 2. The molecule has 232 valence electrons. The fraction of sp³-hybridized carbons (Fsp3) is 0.455. The van der Waals surface area contributed by atoms with Gasteiger partial charge < -0.3 is 14.2 Å². The zero-order valence-corrected chi connectivity index (χ0v) is 24.7. The minimum absolute atomic E-state index is 0.0129. The van der Waals surface area contributed by atoms with Gasteiger partial charge in [0.2, 0.25) is 6.10 Å². The number of nitrogens with zero attached hydrogens (tertiary/aromatic N) is 2. The lowest BCUT2D eigenvalue weighted by Crippen LogP contribution is -2.36. The fourth-order valence-electron chi connectivity index (χ4n) is 4.16. The van der Waals surface area contributed by atoms with Gasteiger partial charge in [-0.2, -0.15) is 13.2 Å². The summed E-state index contributed by atoms with van der Waals surface area (Å²) >= 11 is 0. The fourth-order valence-corrected chi connectivity index (χ4v) is 4.16. The lowest BCUT2D eigenvalue weighted by molar-refractivity contribution is -0.210. The molecule has 0 saturated carbocycles. The van der Waals surface area contributed by atoms with Gasteiger partial charge in [-0.05, 0) is 42.7 Å². The Morgan fingerprint density at radius 1 is 0.744 bits per heavy atom. The van der Waals surface area contributed by atoms with Crippen LogP contribution in [0, 0.1) is 0 Å². The predicted molar refractivity (Wildman–Crippen MR) is 158 cm³/mol. The van der Waals surface area contributed by atoms with Crippen molar-refractivity contribution in [1.82, 2.24) is 9.97 Å². The summed E-state index contributed by atoms with van der Waals surface area (Å²) < 4.78 is 55.5.